The van der Waals surface area contributed by atoms with Crippen LogP contribution in [0.5, 0.6) is 0 Å². The number of hydrogen-bond donors (Lipinski definition) is 1. The molecular weight excluding hydrogens is 226 g/mol. The molecule has 1 N–H and O–H groups in total. The first-order valence-electron chi connectivity index (χ1n) is 5.49. The molecule has 2 atom stereocenters. The Kier molecular flexibility index (Phi) is 4.36. The molecule has 1 aliphatic heterocycles. The Morgan fingerprint density at radius 2 is 2.25 bits per heavy atom. The Hall–Kier alpha value is -1.02. The van der Waals surface area contributed by atoms with Crippen LogP contribution in [0.3, 0.4) is 0 Å². The smallest absolute Gasteiger partial charge is 0.239 e. The molecule has 2 unspecified atom stereocenters. The van der Waals surface area contributed by atoms with Gasteiger partial charge in [0.15, 0.2) is 9.84 Å². The summed E-state index contributed by atoms with van der Waals surface area (Å²) in [4.78, 5) is 11.8. The summed E-state index contributed by atoms with van der Waals surface area (Å²) in [6, 6.07) is -0.371. The van der Waals surface area contributed by atoms with E-state index in [2.05, 4.69) is 11.2 Å². The van der Waals surface area contributed by atoms with Crippen molar-refractivity contribution >= 4 is 15.7 Å². The lowest BCUT2D eigenvalue weighted by molar-refractivity contribution is -0.121. The van der Waals surface area contributed by atoms with Gasteiger partial charge in [-0.1, -0.05) is 19.3 Å². The van der Waals surface area contributed by atoms with Gasteiger partial charge in [0.1, 0.15) is 5.25 Å². The van der Waals surface area contributed by atoms with Gasteiger partial charge >= 0.3 is 0 Å². The van der Waals surface area contributed by atoms with Gasteiger partial charge in [-0.05, 0) is 19.3 Å². The fourth-order valence-corrected chi connectivity index (χ4v) is 3.59. The summed E-state index contributed by atoms with van der Waals surface area (Å²) < 4.78 is 23.3. The van der Waals surface area contributed by atoms with E-state index in [0.717, 1.165) is 6.42 Å². The summed E-state index contributed by atoms with van der Waals surface area (Å²) in [6.45, 7) is 1.85. The molecule has 0 aliphatic carbocycles. The van der Waals surface area contributed by atoms with Crippen molar-refractivity contribution in [2.45, 2.75) is 43.9 Å². The second-order valence-corrected chi connectivity index (χ2v) is 6.29. The van der Waals surface area contributed by atoms with E-state index in [1.807, 2.05) is 6.92 Å². The van der Waals surface area contributed by atoms with Gasteiger partial charge in [-0.15, -0.1) is 6.42 Å². The second-order valence-electron chi connectivity index (χ2n) is 3.99. The molecule has 0 bridgehead atoms. The van der Waals surface area contributed by atoms with Crippen LogP contribution in [0.4, 0.5) is 0 Å². The van der Waals surface area contributed by atoms with Crippen LogP contribution in [-0.4, -0.2) is 31.4 Å². The second kappa shape index (κ2) is 5.35. The Labute approximate surface area is 96.7 Å². The summed E-state index contributed by atoms with van der Waals surface area (Å²) in [5.74, 6) is 2.09. The van der Waals surface area contributed by atoms with Crippen LogP contribution >= 0.6 is 0 Å². The van der Waals surface area contributed by atoms with Crippen molar-refractivity contribution in [3.05, 3.63) is 0 Å². The lowest BCUT2D eigenvalue weighted by Gasteiger charge is -2.22. The molecule has 1 saturated heterocycles. The summed E-state index contributed by atoms with van der Waals surface area (Å²) in [6.07, 6.45) is 7.67. The molecule has 1 rings (SSSR count). The van der Waals surface area contributed by atoms with Crippen molar-refractivity contribution in [1.29, 1.82) is 0 Å². The van der Waals surface area contributed by atoms with E-state index in [1.165, 1.54) is 0 Å². The van der Waals surface area contributed by atoms with Gasteiger partial charge in [0.05, 0.1) is 11.8 Å². The van der Waals surface area contributed by atoms with E-state index < -0.39 is 21.0 Å². The maximum Gasteiger partial charge on any atom is 0.239 e. The first kappa shape index (κ1) is 13.0. The monoisotopic (exact) mass is 243 g/mol. The minimum Gasteiger partial charge on any atom is -0.341 e. The molecule has 4 nitrogen and oxygen atoms in total. The fraction of sp³-hybridized carbons (Fsp3) is 0.727. The van der Waals surface area contributed by atoms with Gasteiger partial charge in [-0.3, -0.25) is 4.79 Å². The average Bonchev–Trinajstić information content (AvgIpc) is 2.24. The Bertz CT molecular complexity index is 394. The van der Waals surface area contributed by atoms with E-state index >= 15 is 0 Å². The molecule has 0 aromatic rings. The number of nitrogens with one attached hydrogen (secondary N) is 1. The largest absolute Gasteiger partial charge is 0.341 e. The SMILES string of the molecule is C#CC(CC)NC(=O)C1CCCCS1(=O)=O. The van der Waals surface area contributed by atoms with Gasteiger partial charge in [0.25, 0.3) is 0 Å². The maximum atomic E-state index is 11.8. The van der Waals surface area contributed by atoms with Crippen molar-refractivity contribution in [2.75, 3.05) is 5.75 Å². The molecule has 0 saturated carbocycles. The number of rotatable bonds is 3. The molecule has 0 spiro atoms. The van der Waals surface area contributed by atoms with Crippen molar-refractivity contribution in [1.82, 2.24) is 5.32 Å². The quantitative estimate of drug-likeness (QED) is 0.733. The zero-order chi connectivity index (χ0) is 12.2. The van der Waals surface area contributed by atoms with Crippen LogP contribution < -0.4 is 5.32 Å². The van der Waals surface area contributed by atoms with Crippen LogP contribution in [0.1, 0.15) is 32.6 Å². The number of amides is 1. The minimum atomic E-state index is -3.27. The third kappa shape index (κ3) is 2.99. The average molecular weight is 243 g/mol. The molecule has 16 heavy (non-hydrogen) atoms. The lowest BCUT2D eigenvalue weighted by atomic mass is 10.1. The van der Waals surface area contributed by atoms with Gasteiger partial charge < -0.3 is 5.32 Å². The Balaban J connectivity index is 2.70. The molecule has 0 aromatic carbocycles. The van der Waals surface area contributed by atoms with Gasteiger partial charge in [-0.2, -0.15) is 0 Å². The van der Waals surface area contributed by atoms with E-state index in [4.69, 9.17) is 6.42 Å². The van der Waals surface area contributed by atoms with Crippen LogP contribution in [0, 0.1) is 12.3 Å². The van der Waals surface area contributed by atoms with Crippen molar-refractivity contribution in [3.63, 3.8) is 0 Å². The predicted octanol–water partition coefficient (Wildman–Crippen LogP) is 0.482. The minimum absolute atomic E-state index is 0.109. The van der Waals surface area contributed by atoms with E-state index in [-0.39, 0.29) is 11.8 Å². The third-order valence-corrected chi connectivity index (χ3v) is 4.97. The molecule has 5 heteroatoms. The first-order chi connectivity index (χ1) is 7.51. The highest BCUT2D eigenvalue weighted by molar-refractivity contribution is 7.92. The molecule has 1 amide bonds. The van der Waals surface area contributed by atoms with Gasteiger partial charge in [0.2, 0.25) is 5.91 Å². The third-order valence-electron chi connectivity index (χ3n) is 2.80. The predicted molar refractivity (Wildman–Crippen MR) is 62.5 cm³/mol. The number of terminal acetylenes is 1. The molecule has 90 valence electrons. The molecule has 0 aromatic heterocycles. The van der Waals surface area contributed by atoms with E-state index in [9.17, 15) is 13.2 Å². The number of hydrogen-bond acceptors (Lipinski definition) is 3. The molecule has 1 aliphatic rings. The summed E-state index contributed by atoms with van der Waals surface area (Å²) in [5, 5.41) is 1.69. The van der Waals surface area contributed by atoms with E-state index in [0.29, 0.717) is 19.3 Å². The van der Waals surface area contributed by atoms with Gasteiger partial charge in [-0.25, -0.2) is 8.42 Å². The van der Waals surface area contributed by atoms with Crippen molar-refractivity contribution < 1.29 is 13.2 Å². The fourth-order valence-electron chi connectivity index (χ4n) is 1.78. The zero-order valence-electron chi connectivity index (χ0n) is 9.40. The van der Waals surface area contributed by atoms with Crippen molar-refractivity contribution in [2.24, 2.45) is 0 Å². The highest BCUT2D eigenvalue weighted by atomic mass is 32.2. The molecular formula is C11H17NO3S. The van der Waals surface area contributed by atoms with Gasteiger partial charge in [0, 0.05) is 0 Å². The number of sulfone groups is 1. The molecule has 0 radical (unpaired) electrons. The van der Waals surface area contributed by atoms with E-state index in [1.54, 1.807) is 0 Å². The highest BCUT2D eigenvalue weighted by Crippen LogP contribution is 2.19. The normalized spacial score (nSPS) is 25.4. The standard InChI is InChI=1S/C11H17NO3S/c1-3-9(4-2)12-11(13)10-7-5-6-8-16(10,14)15/h1,9-10H,4-8H2,2H3,(H,12,13). The Morgan fingerprint density at radius 1 is 1.56 bits per heavy atom. The maximum absolute atomic E-state index is 11.8. The summed E-state index contributed by atoms with van der Waals surface area (Å²) in [5.41, 5.74) is 0. The molecule has 1 heterocycles. The zero-order valence-corrected chi connectivity index (χ0v) is 10.2. The van der Waals surface area contributed by atoms with Crippen LogP contribution in [0.15, 0.2) is 0 Å². The number of carbonyl (C=O) groups excluding carboxylic acids is 1. The Morgan fingerprint density at radius 3 is 2.75 bits per heavy atom. The van der Waals surface area contributed by atoms with Crippen LogP contribution in [0.25, 0.3) is 0 Å². The summed E-state index contributed by atoms with van der Waals surface area (Å²) >= 11 is 0. The number of carbonyl (C=O) groups is 1. The van der Waals surface area contributed by atoms with Crippen LogP contribution in [-0.2, 0) is 14.6 Å². The summed E-state index contributed by atoms with van der Waals surface area (Å²) in [7, 11) is -3.27. The molecule has 1 fully saturated rings. The lowest BCUT2D eigenvalue weighted by Crippen LogP contribution is -2.46. The van der Waals surface area contributed by atoms with Crippen molar-refractivity contribution in [3.8, 4) is 12.3 Å². The highest BCUT2D eigenvalue weighted by Gasteiger charge is 2.35. The topological polar surface area (TPSA) is 63.2 Å². The van der Waals surface area contributed by atoms with Crippen LogP contribution in [0.2, 0.25) is 0 Å². The first-order valence-corrected chi connectivity index (χ1v) is 7.21.